The van der Waals surface area contributed by atoms with Crippen molar-refractivity contribution >= 4 is 23.6 Å². The second kappa shape index (κ2) is 9.18. The van der Waals surface area contributed by atoms with Crippen molar-refractivity contribution in [2.24, 2.45) is 0 Å². The third-order valence-electron chi connectivity index (χ3n) is 3.16. The Morgan fingerprint density at radius 1 is 1.31 bits per heavy atom. The average Bonchev–Trinajstić information content (AvgIpc) is 3.09. The normalized spacial score (nSPS) is 11.7. The van der Waals surface area contributed by atoms with Gasteiger partial charge in [0.2, 0.25) is 11.8 Å². The van der Waals surface area contributed by atoms with Gasteiger partial charge in [0.1, 0.15) is 11.6 Å². The van der Waals surface area contributed by atoms with E-state index in [2.05, 4.69) is 15.5 Å². The molecular formula is C16H19FN4O4S. The van der Waals surface area contributed by atoms with Crippen molar-refractivity contribution in [2.45, 2.75) is 18.3 Å². The number of hydrogen-bond donors (Lipinski definition) is 1. The summed E-state index contributed by atoms with van der Waals surface area (Å²) in [4.78, 5) is 24.5. The van der Waals surface area contributed by atoms with Crippen molar-refractivity contribution in [1.82, 2.24) is 20.4 Å². The third-order valence-corrected chi connectivity index (χ3v) is 3.98. The number of hydrogen-bond acceptors (Lipinski definition) is 7. The summed E-state index contributed by atoms with van der Waals surface area (Å²) in [6.07, 6.45) is -0.533. The van der Waals surface area contributed by atoms with Crippen LogP contribution in [0.25, 0.3) is 0 Å². The summed E-state index contributed by atoms with van der Waals surface area (Å²) in [6, 6.07) is 5.57. The quantitative estimate of drug-likeness (QED) is 0.693. The van der Waals surface area contributed by atoms with E-state index >= 15 is 0 Å². The lowest BCUT2D eigenvalue weighted by atomic mass is 10.3. The van der Waals surface area contributed by atoms with Crippen LogP contribution in [-0.2, 0) is 9.59 Å². The Morgan fingerprint density at radius 3 is 2.65 bits per heavy atom. The number of amides is 2. The van der Waals surface area contributed by atoms with Gasteiger partial charge in [-0.05, 0) is 31.2 Å². The number of rotatable bonds is 8. The minimum Gasteiger partial charge on any atom is -0.481 e. The van der Waals surface area contributed by atoms with Gasteiger partial charge in [-0.15, -0.1) is 10.2 Å². The third kappa shape index (κ3) is 6.03. The Kier molecular flexibility index (Phi) is 6.96. The van der Waals surface area contributed by atoms with Crippen molar-refractivity contribution in [3.8, 4) is 5.75 Å². The summed E-state index contributed by atoms with van der Waals surface area (Å²) in [5, 5.41) is 10.4. The predicted octanol–water partition coefficient (Wildman–Crippen LogP) is 1.65. The second-order valence-electron chi connectivity index (χ2n) is 5.47. The molecule has 0 bridgehead atoms. The Labute approximate surface area is 154 Å². The first-order chi connectivity index (χ1) is 12.3. The Balaban J connectivity index is 1.80. The number of ether oxygens (including phenoxy) is 1. The molecule has 1 aromatic heterocycles. The molecule has 26 heavy (non-hydrogen) atoms. The van der Waals surface area contributed by atoms with Crippen molar-refractivity contribution in [3.05, 3.63) is 36.0 Å². The van der Waals surface area contributed by atoms with E-state index in [4.69, 9.17) is 9.15 Å². The second-order valence-corrected chi connectivity index (χ2v) is 6.40. The monoisotopic (exact) mass is 382 g/mol. The van der Waals surface area contributed by atoms with Crippen LogP contribution >= 0.6 is 11.8 Å². The number of halogens is 1. The highest BCUT2D eigenvalue weighted by molar-refractivity contribution is 7.99. The lowest BCUT2D eigenvalue weighted by Gasteiger charge is -2.10. The fourth-order valence-corrected chi connectivity index (χ4v) is 2.32. The summed E-state index contributed by atoms with van der Waals surface area (Å²) in [5.41, 5.74) is 0. The lowest BCUT2D eigenvalue weighted by Crippen LogP contribution is -2.36. The van der Waals surface area contributed by atoms with E-state index < -0.39 is 6.10 Å². The molecule has 2 aromatic rings. The van der Waals surface area contributed by atoms with Crippen LogP contribution in [0.4, 0.5) is 4.39 Å². The van der Waals surface area contributed by atoms with Crippen LogP contribution in [-0.4, -0.2) is 53.3 Å². The number of aromatic nitrogens is 2. The smallest absolute Gasteiger partial charge is 0.277 e. The van der Waals surface area contributed by atoms with Gasteiger partial charge < -0.3 is 19.4 Å². The minimum atomic E-state index is -0.533. The molecule has 0 fully saturated rings. The van der Waals surface area contributed by atoms with Gasteiger partial charge >= 0.3 is 0 Å². The maximum absolute atomic E-state index is 12.9. The number of carbonyl (C=O) groups is 2. The van der Waals surface area contributed by atoms with E-state index in [-0.39, 0.29) is 41.0 Å². The molecule has 0 aliphatic carbocycles. The standard InChI is InChI=1S/C16H19FN4O4S/c1-10(24-12-6-4-11(17)5-7-12)15-19-20-16(25-15)26-9-13(22)18-8-14(23)21(2)3/h4-7,10H,8-9H2,1-3H3,(H,18,22)/t10-/m1/s1. The van der Waals surface area contributed by atoms with E-state index in [0.717, 1.165) is 11.8 Å². The number of likely N-dealkylation sites (N-methyl/N-ethyl adjacent to an activating group) is 1. The van der Waals surface area contributed by atoms with Gasteiger partial charge in [-0.3, -0.25) is 9.59 Å². The summed E-state index contributed by atoms with van der Waals surface area (Å²) in [5.74, 6) is -0.130. The van der Waals surface area contributed by atoms with E-state index in [9.17, 15) is 14.0 Å². The summed E-state index contributed by atoms with van der Waals surface area (Å²) in [7, 11) is 3.22. The van der Waals surface area contributed by atoms with Crippen molar-refractivity contribution < 1.29 is 23.1 Å². The first-order valence-electron chi connectivity index (χ1n) is 7.70. The van der Waals surface area contributed by atoms with Crippen LogP contribution in [0.1, 0.15) is 18.9 Å². The highest BCUT2D eigenvalue weighted by Crippen LogP contribution is 2.23. The SMILES string of the molecule is C[C@@H](Oc1ccc(F)cc1)c1nnc(SCC(=O)NCC(=O)N(C)C)o1. The zero-order valence-corrected chi connectivity index (χ0v) is 15.4. The molecule has 0 radical (unpaired) electrons. The minimum absolute atomic E-state index is 0.0372. The van der Waals surface area contributed by atoms with Crippen LogP contribution in [0, 0.1) is 5.82 Å². The van der Waals surface area contributed by atoms with Crippen LogP contribution in [0.3, 0.4) is 0 Å². The average molecular weight is 382 g/mol. The maximum Gasteiger partial charge on any atom is 0.277 e. The fourth-order valence-electron chi connectivity index (χ4n) is 1.72. The zero-order chi connectivity index (χ0) is 19.1. The molecule has 140 valence electrons. The van der Waals surface area contributed by atoms with Crippen LogP contribution in [0.5, 0.6) is 5.75 Å². The molecule has 0 spiro atoms. The number of nitrogens with zero attached hydrogens (tertiary/aromatic N) is 3. The molecular weight excluding hydrogens is 363 g/mol. The van der Waals surface area contributed by atoms with E-state index in [0.29, 0.717) is 5.75 Å². The highest BCUT2D eigenvalue weighted by Gasteiger charge is 2.17. The fraction of sp³-hybridized carbons (Fsp3) is 0.375. The summed E-state index contributed by atoms with van der Waals surface area (Å²) >= 11 is 1.05. The molecule has 1 aromatic carbocycles. The molecule has 0 unspecified atom stereocenters. The molecule has 8 nitrogen and oxygen atoms in total. The molecule has 1 N–H and O–H groups in total. The largest absolute Gasteiger partial charge is 0.481 e. The van der Waals surface area contributed by atoms with E-state index in [1.54, 1.807) is 21.0 Å². The van der Waals surface area contributed by atoms with Gasteiger partial charge in [0.05, 0.1) is 12.3 Å². The lowest BCUT2D eigenvalue weighted by molar-refractivity contribution is -0.130. The van der Waals surface area contributed by atoms with Crippen LogP contribution < -0.4 is 10.1 Å². The van der Waals surface area contributed by atoms with Crippen molar-refractivity contribution in [2.75, 3.05) is 26.4 Å². The Bertz CT molecular complexity index is 751. The van der Waals surface area contributed by atoms with Crippen LogP contribution in [0.2, 0.25) is 0 Å². The Hall–Kier alpha value is -2.62. The molecule has 0 aliphatic heterocycles. The highest BCUT2D eigenvalue weighted by atomic mass is 32.2. The van der Waals surface area contributed by atoms with Gasteiger partial charge in [0, 0.05) is 14.1 Å². The molecule has 0 aliphatic rings. The summed E-state index contributed by atoms with van der Waals surface area (Å²) in [6.45, 7) is 1.65. The molecule has 1 heterocycles. The maximum atomic E-state index is 12.9. The molecule has 1 atom stereocenters. The van der Waals surface area contributed by atoms with E-state index in [1.165, 1.54) is 29.2 Å². The predicted molar refractivity (Wildman–Crippen MR) is 92.2 cm³/mol. The van der Waals surface area contributed by atoms with Gasteiger partial charge in [0.15, 0.2) is 6.10 Å². The van der Waals surface area contributed by atoms with Gasteiger partial charge in [0.25, 0.3) is 11.1 Å². The van der Waals surface area contributed by atoms with Gasteiger partial charge in [-0.2, -0.15) is 0 Å². The van der Waals surface area contributed by atoms with Crippen molar-refractivity contribution in [1.29, 1.82) is 0 Å². The molecule has 10 heteroatoms. The Morgan fingerprint density at radius 2 is 2.00 bits per heavy atom. The number of nitrogens with one attached hydrogen (secondary N) is 1. The van der Waals surface area contributed by atoms with Crippen LogP contribution in [0.15, 0.2) is 33.9 Å². The van der Waals surface area contributed by atoms with Gasteiger partial charge in [-0.25, -0.2) is 4.39 Å². The number of thioether (sulfide) groups is 1. The van der Waals surface area contributed by atoms with Crippen molar-refractivity contribution in [3.63, 3.8) is 0 Å². The summed E-state index contributed by atoms with van der Waals surface area (Å²) < 4.78 is 23.9. The topological polar surface area (TPSA) is 97.6 Å². The zero-order valence-electron chi connectivity index (χ0n) is 14.6. The number of benzene rings is 1. The van der Waals surface area contributed by atoms with Gasteiger partial charge in [-0.1, -0.05) is 11.8 Å². The molecule has 2 rings (SSSR count). The molecule has 2 amide bonds. The first kappa shape index (κ1) is 19.7. The number of carbonyl (C=O) groups excluding carboxylic acids is 2. The first-order valence-corrected chi connectivity index (χ1v) is 8.69. The molecule has 0 saturated heterocycles. The molecule has 0 saturated carbocycles. The van der Waals surface area contributed by atoms with E-state index in [1.807, 2.05) is 0 Å².